The number of hydrogen-bond acceptors (Lipinski definition) is 9. The molecule has 3 aromatic carbocycles. The lowest BCUT2D eigenvalue weighted by atomic mass is 9.99. The molecule has 1 aliphatic rings. The summed E-state index contributed by atoms with van der Waals surface area (Å²) in [6, 6.07) is 22.2. The molecule has 39 heavy (non-hydrogen) atoms. The average molecular weight is 526 g/mol. The monoisotopic (exact) mass is 525 g/mol. The molecule has 0 aromatic heterocycles. The van der Waals surface area contributed by atoms with Crippen molar-refractivity contribution in [2.24, 2.45) is 0 Å². The summed E-state index contributed by atoms with van der Waals surface area (Å²) in [7, 11) is 0. The van der Waals surface area contributed by atoms with E-state index >= 15 is 0 Å². The van der Waals surface area contributed by atoms with Crippen LogP contribution in [0.4, 0.5) is 11.4 Å². The lowest BCUT2D eigenvalue weighted by Gasteiger charge is -2.29. The van der Waals surface area contributed by atoms with Crippen LogP contribution in [-0.2, 0) is 30.3 Å². The summed E-state index contributed by atoms with van der Waals surface area (Å²) in [6.45, 7) is 5.18. The SMILES string of the molecule is CCOC(=O)c1cccc(NC=C2C(=O)OC(C)(C)OC2=O)c1NCc1ccc(-c2ccccc2C#N)cc1. The Hall–Kier alpha value is -5.10. The second kappa shape index (κ2) is 11.5. The maximum absolute atomic E-state index is 12.7. The molecule has 0 aliphatic carbocycles. The zero-order valence-corrected chi connectivity index (χ0v) is 21.7. The third-order valence-corrected chi connectivity index (χ3v) is 5.83. The molecular formula is C30H27N3O6. The predicted molar refractivity (Wildman–Crippen MR) is 144 cm³/mol. The van der Waals surface area contributed by atoms with Crippen molar-refractivity contribution in [2.45, 2.75) is 33.1 Å². The zero-order chi connectivity index (χ0) is 28.0. The number of nitrogens with zero attached hydrogens (tertiary/aromatic N) is 1. The Balaban J connectivity index is 1.59. The number of carbonyl (C=O) groups excluding carboxylic acids is 3. The molecule has 1 fully saturated rings. The largest absolute Gasteiger partial charge is 0.462 e. The first-order chi connectivity index (χ1) is 18.7. The number of rotatable bonds is 8. The van der Waals surface area contributed by atoms with Gasteiger partial charge in [0.15, 0.2) is 5.57 Å². The standard InChI is InChI=1S/C30H27N3O6/c1-4-37-27(34)23-10-7-11-25(32-18-24-28(35)38-30(2,3)39-29(24)36)26(23)33-17-19-12-14-20(15-13-19)22-9-6-5-8-21(22)16-31/h5-15,18,32-33H,4,17H2,1-3H3. The van der Waals surface area contributed by atoms with Crippen LogP contribution in [0.1, 0.15) is 42.3 Å². The molecule has 0 bridgehead atoms. The third-order valence-electron chi connectivity index (χ3n) is 5.83. The molecule has 0 unspecified atom stereocenters. The molecule has 4 rings (SSSR count). The first kappa shape index (κ1) is 26.9. The topological polar surface area (TPSA) is 127 Å². The summed E-state index contributed by atoms with van der Waals surface area (Å²) in [5, 5.41) is 15.6. The van der Waals surface area contributed by atoms with Gasteiger partial charge in [-0.15, -0.1) is 0 Å². The van der Waals surface area contributed by atoms with Gasteiger partial charge in [0.25, 0.3) is 5.79 Å². The van der Waals surface area contributed by atoms with Crippen molar-refractivity contribution in [2.75, 3.05) is 17.2 Å². The van der Waals surface area contributed by atoms with E-state index in [2.05, 4.69) is 16.7 Å². The molecule has 1 saturated heterocycles. The number of esters is 3. The molecule has 0 saturated carbocycles. The Morgan fingerprint density at radius 2 is 1.69 bits per heavy atom. The van der Waals surface area contributed by atoms with Crippen molar-refractivity contribution in [3.63, 3.8) is 0 Å². The van der Waals surface area contributed by atoms with Crippen LogP contribution in [-0.4, -0.2) is 30.3 Å². The Kier molecular flexibility index (Phi) is 7.96. The molecular weight excluding hydrogens is 498 g/mol. The van der Waals surface area contributed by atoms with Gasteiger partial charge in [0.1, 0.15) is 0 Å². The van der Waals surface area contributed by atoms with Gasteiger partial charge in [0.05, 0.1) is 35.2 Å². The van der Waals surface area contributed by atoms with Crippen LogP contribution in [0.25, 0.3) is 11.1 Å². The van der Waals surface area contributed by atoms with Crippen LogP contribution < -0.4 is 10.6 Å². The van der Waals surface area contributed by atoms with E-state index < -0.39 is 23.7 Å². The highest BCUT2D eigenvalue weighted by atomic mass is 16.7. The lowest BCUT2D eigenvalue weighted by Crippen LogP contribution is -2.42. The maximum atomic E-state index is 12.7. The Bertz CT molecular complexity index is 1460. The lowest BCUT2D eigenvalue weighted by molar-refractivity contribution is -0.222. The first-order valence-electron chi connectivity index (χ1n) is 12.3. The Morgan fingerprint density at radius 1 is 1.00 bits per heavy atom. The summed E-state index contributed by atoms with van der Waals surface area (Å²) < 4.78 is 15.5. The quantitative estimate of drug-likeness (QED) is 0.233. The molecule has 0 spiro atoms. The van der Waals surface area contributed by atoms with Gasteiger partial charge in [-0.05, 0) is 41.8 Å². The highest BCUT2D eigenvalue weighted by Crippen LogP contribution is 2.30. The molecule has 3 aromatic rings. The van der Waals surface area contributed by atoms with Crippen LogP contribution in [0, 0.1) is 11.3 Å². The van der Waals surface area contributed by atoms with Gasteiger partial charge in [-0.25, -0.2) is 14.4 Å². The van der Waals surface area contributed by atoms with E-state index in [0.29, 0.717) is 23.5 Å². The van der Waals surface area contributed by atoms with Crippen molar-refractivity contribution >= 4 is 29.3 Å². The van der Waals surface area contributed by atoms with Crippen molar-refractivity contribution in [3.05, 3.63) is 95.2 Å². The highest BCUT2D eigenvalue weighted by molar-refractivity contribution is 6.15. The highest BCUT2D eigenvalue weighted by Gasteiger charge is 2.39. The number of ether oxygens (including phenoxy) is 3. The average Bonchev–Trinajstić information content (AvgIpc) is 2.91. The van der Waals surface area contributed by atoms with Gasteiger partial charge < -0.3 is 24.8 Å². The Labute approximate surface area is 226 Å². The van der Waals surface area contributed by atoms with Crippen LogP contribution in [0.5, 0.6) is 0 Å². The fourth-order valence-electron chi connectivity index (χ4n) is 4.00. The number of carbonyl (C=O) groups is 3. The minimum atomic E-state index is -1.35. The van der Waals surface area contributed by atoms with Crippen molar-refractivity contribution in [3.8, 4) is 17.2 Å². The normalized spacial score (nSPS) is 13.9. The fourth-order valence-corrected chi connectivity index (χ4v) is 4.00. The number of para-hydroxylation sites is 1. The molecule has 0 atom stereocenters. The summed E-state index contributed by atoms with van der Waals surface area (Å²) in [4.78, 5) is 37.4. The van der Waals surface area contributed by atoms with E-state index in [1.165, 1.54) is 20.0 Å². The van der Waals surface area contributed by atoms with Gasteiger partial charge in [-0.2, -0.15) is 5.26 Å². The van der Waals surface area contributed by atoms with Crippen LogP contribution in [0.2, 0.25) is 0 Å². The molecule has 0 amide bonds. The number of anilines is 2. The number of benzene rings is 3. The zero-order valence-electron chi connectivity index (χ0n) is 21.7. The van der Waals surface area contributed by atoms with E-state index in [-0.39, 0.29) is 17.7 Å². The van der Waals surface area contributed by atoms with E-state index in [0.717, 1.165) is 16.7 Å². The summed E-state index contributed by atoms with van der Waals surface area (Å²) >= 11 is 0. The second-order valence-corrected chi connectivity index (χ2v) is 9.04. The third kappa shape index (κ3) is 6.25. The second-order valence-electron chi connectivity index (χ2n) is 9.04. The van der Waals surface area contributed by atoms with Crippen LogP contribution in [0.15, 0.2) is 78.5 Å². The molecule has 9 heteroatoms. The van der Waals surface area contributed by atoms with Gasteiger partial charge in [-0.1, -0.05) is 48.5 Å². The summed E-state index contributed by atoms with van der Waals surface area (Å²) in [5.74, 6) is -3.53. The van der Waals surface area contributed by atoms with Crippen molar-refractivity contribution in [1.29, 1.82) is 5.26 Å². The number of nitriles is 1. The van der Waals surface area contributed by atoms with Crippen molar-refractivity contribution < 1.29 is 28.6 Å². The number of nitrogens with one attached hydrogen (secondary N) is 2. The van der Waals surface area contributed by atoms with E-state index in [4.69, 9.17) is 14.2 Å². The predicted octanol–water partition coefficient (Wildman–Crippen LogP) is 5.15. The molecule has 9 nitrogen and oxygen atoms in total. The fraction of sp³-hybridized carbons (Fsp3) is 0.200. The van der Waals surface area contributed by atoms with Crippen LogP contribution in [0.3, 0.4) is 0 Å². The summed E-state index contributed by atoms with van der Waals surface area (Å²) in [5.41, 5.74) is 4.07. The Morgan fingerprint density at radius 3 is 2.36 bits per heavy atom. The molecule has 1 heterocycles. The molecule has 1 aliphatic heterocycles. The van der Waals surface area contributed by atoms with Crippen molar-refractivity contribution in [1.82, 2.24) is 0 Å². The number of cyclic esters (lactones) is 2. The molecule has 198 valence electrons. The van der Waals surface area contributed by atoms with Gasteiger partial charge >= 0.3 is 17.9 Å². The van der Waals surface area contributed by atoms with E-state index in [1.54, 1.807) is 31.2 Å². The van der Waals surface area contributed by atoms with Crippen LogP contribution >= 0.6 is 0 Å². The first-order valence-corrected chi connectivity index (χ1v) is 12.3. The number of hydrogen-bond donors (Lipinski definition) is 2. The minimum Gasteiger partial charge on any atom is -0.462 e. The van der Waals surface area contributed by atoms with E-state index in [9.17, 15) is 19.6 Å². The van der Waals surface area contributed by atoms with E-state index in [1.807, 2.05) is 42.5 Å². The molecule has 0 radical (unpaired) electrons. The van der Waals surface area contributed by atoms with Gasteiger partial charge in [0.2, 0.25) is 0 Å². The van der Waals surface area contributed by atoms with Gasteiger partial charge in [-0.3, -0.25) is 0 Å². The summed E-state index contributed by atoms with van der Waals surface area (Å²) in [6.07, 6.45) is 1.19. The minimum absolute atomic E-state index is 0.194. The smallest absolute Gasteiger partial charge is 0.350 e. The maximum Gasteiger partial charge on any atom is 0.350 e. The molecule has 2 N–H and O–H groups in total. The van der Waals surface area contributed by atoms with Gasteiger partial charge in [0, 0.05) is 26.6 Å².